The van der Waals surface area contributed by atoms with Gasteiger partial charge >= 0.3 is 6.18 Å². The maximum Gasteiger partial charge on any atom is 0.417 e. The van der Waals surface area contributed by atoms with Crippen LogP contribution in [0, 0.1) is 0 Å². The minimum absolute atomic E-state index is 0.139. The van der Waals surface area contributed by atoms with Crippen LogP contribution in [0.3, 0.4) is 0 Å². The van der Waals surface area contributed by atoms with Crippen molar-refractivity contribution in [2.24, 2.45) is 0 Å². The average molecular weight is 617 g/mol. The van der Waals surface area contributed by atoms with Gasteiger partial charge < -0.3 is 10.2 Å². The predicted octanol–water partition coefficient (Wildman–Crippen LogP) is 5.77. The number of carbonyl (C=O) groups excluding carboxylic acids is 2. The van der Waals surface area contributed by atoms with Gasteiger partial charge in [-0.2, -0.15) is 13.2 Å². The lowest BCUT2D eigenvalue weighted by Crippen LogP contribution is -2.52. The molecule has 0 saturated heterocycles. The SMILES string of the molecule is CCCNC(=O)[C@H](CC)N(Cc1ccc(Cl)c(Cl)c1)C(=O)CN(c1ccc(Cl)c(C(F)(F)F)c1)S(C)(=O)=O. The number of alkyl halides is 3. The zero-order chi connectivity index (χ0) is 28.8. The minimum Gasteiger partial charge on any atom is -0.354 e. The Morgan fingerprint density at radius 2 is 1.63 bits per heavy atom. The number of benzene rings is 2. The van der Waals surface area contributed by atoms with Crippen molar-refractivity contribution in [3.63, 3.8) is 0 Å². The van der Waals surface area contributed by atoms with Crippen LogP contribution >= 0.6 is 34.8 Å². The molecule has 0 radical (unpaired) electrons. The lowest BCUT2D eigenvalue weighted by molar-refractivity contribution is -0.140. The van der Waals surface area contributed by atoms with E-state index in [1.807, 2.05) is 6.92 Å². The molecule has 2 amide bonds. The van der Waals surface area contributed by atoms with Crippen LogP contribution in [0.2, 0.25) is 15.1 Å². The highest BCUT2D eigenvalue weighted by Crippen LogP contribution is 2.37. The van der Waals surface area contributed by atoms with Crippen LogP contribution in [0.1, 0.15) is 37.8 Å². The molecule has 1 atom stereocenters. The maximum absolute atomic E-state index is 13.6. The minimum atomic E-state index is -4.86. The highest BCUT2D eigenvalue weighted by atomic mass is 35.5. The standard InChI is InChI=1S/C24H27Cl3F3N3O4S/c1-4-10-31-23(35)21(5-2)32(13-15-6-8-19(26)20(27)11-15)22(34)14-33(38(3,36)37)16-7-9-18(25)17(12-16)24(28,29)30/h6-9,11-12,21H,4-5,10,13-14H2,1-3H3,(H,31,35)/t21-/m0/s1. The summed E-state index contributed by atoms with van der Waals surface area (Å²) in [5, 5.41) is 2.57. The Bertz CT molecular complexity index is 1280. The summed E-state index contributed by atoms with van der Waals surface area (Å²) in [6.07, 6.45) is -3.27. The van der Waals surface area contributed by atoms with E-state index in [0.29, 0.717) is 28.9 Å². The molecular formula is C24H27Cl3F3N3O4S. The molecule has 0 fully saturated rings. The molecule has 2 rings (SSSR count). The van der Waals surface area contributed by atoms with Crippen LogP contribution in [-0.2, 0) is 32.3 Å². The Labute approximate surface area is 234 Å². The molecule has 0 aliphatic carbocycles. The number of rotatable bonds is 11. The van der Waals surface area contributed by atoms with Crippen molar-refractivity contribution >= 4 is 62.3 Å². The molecule has 0 aliphatic heterocycles. The van der Waals surface area contributed by atoms with E-state index in [2.05, 4.69) is 5.32 Å². The Balaban J connectivity index is 2.53. The molecule has 0 unspecified atom stereocenters. The van der Waals surface area contributed by atoms with E-state index in [0.717, 1.165) is 18.4 Å². The summed E-state index contributed by atoms with van der Waals surface area (Å²) in [7, 11) is -4.24. The summed E-state index contributed by atoms with van der Waals surface area (Å²) in [6, 6.07) is 6.14. The molecular weight excluding hydrogens is 590 g/mol. The number of sulfonamides is 1. The molecule has 210 valence electrons. The number of carbonyl (C=O) groups is 2. The summed E-state index contributed by atoms with van der Waals surface area (Å²) >= 11 is 17.8. The fourth-order valence-corrected chi connectivity index (χ4v) is 5.01. The molecule has 38 heavy (non-hydrogen) atoms. The Morgan fingerprint density at radius 3 is 2.16 bits per heavy atom. The fraction of sp³-hybridized carbons (Fsp3) is 0.417. The van der Waals surface area contributed by atoms with Gasteiger partial charge in [0.05, 0.1) is 32.6 Å². The van der Waals surface area contributed by atoms with Crippen LogP contribution in [0.4, 0.5) is 18.9 Å². The first kappa shape index (κ1) is 32.0. The van der Waals surface area contributed by atoms with Gasteiger partial charge in [0.15, 0.2) is 0 Å². The topological polar surface area (TPSA) is 86.8 Å². The number of nitrogens with one attached hydrogen (secondary N) is 1. The third kappa shape index (κ3) is 8.39. The Hall–Kier alpha value is -2.21. The first-order valence-corrected chi connectivity index (χ1v) is 14.4. The fourth-order valence-electron chi connectivity index (χ4n) is 3.62. The van der Waals surface area contributed by atoms with Crippen LogP contribution in [0.25, 0.3) is 0 Å². The molecule has 7 nitrogen and oxygen atoms in total. The summed E-state index contributed by atoms with van der Waals surface area (Å²) in [4.78, 5) is 27.7. The van der Waals surface area contributed by atoms with E-state index in [1.54, 1.807) is 13.0 Å². The average Bonchev–Trinajstić information content (AvgIpc) is 2.82. The van der Waals surface area contributed by atoms with E-state index in [4.69, 9.17) is 34.8 Å². The van der Waals surface area contributed by atoms with Gasteiger partial charge in [0.25, 0.3) is 0 Å². The second kappa shape index (κ2) is 13.2. The zero-order valence-electron chi connectivity index (χ0n) is 20.8. The van der Waals surface area contributed by atoms with Crippen LogP contribution in [-0.4, -0.2) is 50.5 Å². The van der Waals surface area contributed by atoms with E-state index in [1.165, 1.54) is 17.0 Å². The second-order valence-corrected chi connectivity index (χ2v) is 11.5. The van der Waals surface area contributed by atoms with Crippen molar-refractivity contribution in [1.82, 2.24) is 10.2 Å². The van der Waals surface area contributed by atoms with Crippen LogP contribution in [0.15, 0.2) is 36.4 Å². The summed E-state index contributed by atoms with van der Waals surface area (Å²) in [5.74, 6) is -1.27. The largest absolute Gasteiger partial charge is 0.417 e. The molecule has 0 aromatic heterocycles. The summed E-state index contributed by atoms with van der Waals surface area (Å²) < 4.78 is 66.1. The van der Waals surface area contributed by atoms with Gasteiger partial charge in [-0.3, -0.25) is 13.9 Å². The number of amides is 2. The lowest BCUT2D eigenvalue weighted by Gasteiger charge is -2.33. The summed E-state index contributed by atoms with van der Waals surface area (Å²) in [6.45, 7) is 2.88. The summed E-state index contributed by atoms with van der Waals surface area (Å²) in [5.41, 5.74) is -1.16. The van der Waals surface area contributed by atoms with Crippen molar-refractivity contribution < 1.29 is 31.2 Å². The number of nitrogens with zero attached hydrogens (tertiary/aromatic N) is 2. The molecule has 0 heterocycles. The molecule has 0 aliphatic rings. The highest BCUT2D eigenvalue weighted by Gasteiger charge is 2.36. The molecule has 0 saturated carbocycles. The molecule has 1 N–H and O–H groups in total. The van der Waals surface area contributed by atoms with E-state index < -0.39 is 56.9 Å². The predicted molar refractivity (Wildman–Crippen MR) is 143 cm³/mol. The van der Waals surface area contributed by atoms with Crippen molar-refractivity contribution in [1.29, 1.82) is 0 Å². The third-order valence-electron chi connectivity index (χ3n) is 5.49. The number of anilines is 1. The van der Waals surface area contributed by atoms with E-state index >= 15 is 0 Å². The van der Waals surface area contributed by atoms with Gasteiger partial charge in [-0.05, 0) is 48.7 Å². The monoisotopic (exact) mass is 615 g/mol. The Morgan fingerprint density at radius 1 is 1.00 bits per heavy atom. The first-order chi connectivity index (χ1) is 17.6. The molecule has 2 aromatic carbocycles. The molecule has 0 bridgehead atoms. The normalized spacial score (nSPS) is 12.7. The van der Waals surface area contributed by atoms with Crippen molar-refractivity contribution in [2.75, 3.05) is 23.7 Å². The number of halogens is 6. The van der Waals surface area contributed by atoms with Gasteiger partial charge in [0.2, 0.25) is 21.8 Å². The van der Waals surface area contributed by atoms with E-state index in [9.17, 15) is 31.2 Å². The van der Waals surface area contributed by atoms with Gasteiger partial charge in [0.1, 0.15) is 12.6 Å². The van der Waals surface area contributed by atoms with E-state index in [-0.39, 0.29) is 23.0 Å². The first-order valence-electron chi connectivity index (χ1n) is 11.5. The van der Waals surface area contributed by atoms with Crippen molar-refractivity contribution in [3.8, 4) is 0 Å². The van der Waals surface area contributed by atoms with Gasteiger partial charge in [-0.25, -0.2) is 8.42 Å². The number of hydrogen-bond acceptors (Lipinski definition) is 4. The maximum atomic E-state index is 13.6. The van der Waals surface area contributed by atoms with Crippen LogP contribution < -0.4 is 9.62 Å². The third-order valence-corrected chi connectivity index (χ3v) is 7.70. The second-order valence-electron chi connectivity index (χ2n) is 8.42. The number of hydrogen-bond donors (Lipinski definition) is 1. The smallest absolute Gasteiger partial charge is 0.354 e. The van der Waals surface area contributed by atoms with Crippen molar-refractivity contribution in [3.05, 3.63) is 62.6 Å². The van der Waals surface area contributed by atoms with Crippen molar-refractivity contribution in [2.45, 2.75) is 45.5 Å². The van der Waals surface area contributed by atoms with Gasteiger partial charge in [-0.1, -0.05) is 54.7 Å². The Kier molecular flexibility index (Phi) is 11.1. The quantitative estimate of drug-likeness (QED) is 0.348. The molecule has 14 heteroatoms. The molecule has 0 spiro atoms. The van der Waals surface area contributed by atoms with Gasteiger partial charge in [-0.15, -0.1) is 0 Å². The lowest BCUT2D eigenvalue weighted by atomic mass is 10.1. The van der Waals surface area contributed by atoms with Crippen LogP contribution in [0.5, 0.6) is 0 Å². The molecule has 2 aromatic rings. The zero-order valence-corrected chi connectivity index (χ0v) is 23.9. The van der Waals surface area contributed by atoms with Gasteiger partial charge in [0, 0.05) is 13.1 Å². The highest BCUT2D eigenvalue weighted by molar-refractivity contribution is 7.92.